The van der Waals surface area contributed by atoms with Crippen molar-refractivity contribution in [3.05, 3.63) is 40.1 Å². The summed E-state index contributed by atoms with van der Waals surface area (Å²) in [7, 11) is -4.24. The van der Waals surface area contributed by atoms with Gasteiger partial charge in [-0.15, -0.1) is 11.3 Å². The van der Waals surface area contributed by atoms with Gasteiger partial charge < -0.3 is 4.90 Å². The highest BCUT2D eigenvalue weighted by molar-refractivity contribution is 7.92. The predicted molar refractivity (Wildman–Crippen MR) is 78.6 cm³/mol. The molecule has 2 rings (SSSR count). The van der Waals surface area contributed by atoms with Crippen LogP contribution in [0.2, 0.25) is 0 Å². The van der Waals surface area contributed by atoms with E-state index in [4.69, 9.17) is 0 Å². The van der Waals surface area contributed by atoms with Crippen LogP contribution >= 0.6 is 11.3 Å². The van der Waals surface area contributed by atoms with E-state index in [1.807, 2.05) is 0 Å². The van der Waals surface area contributed by atoms with E-state index < -0.39 is 26.1 Å². The fourth-order valence-corrected chi connectivity index (χ4v) is 3.75. The average molecular weight is 368 g/mol. The zero-order chi connectivity index (χ0) is 17.4. The standard InChI is InChI=1S/C13H12F4N2O2S2/c1-8-7-22-12(18-8)6-19(2)10-4-3-9(14)5-11(10)23(20,21)13(15,16)17/h3-5,7H,6H2,1-2H3. The molecule has 0 unspecified atom stereocenters. The van der Waals surface area contributed by atoms with E-state index in [9.17, 15) is 26.0 Å². The lowest BCUT2D eigenvalue weighted by Crippen LogP contribution is -2.27. The van der Waals surface area contributed by atoms with Crippen molar-refractivity contribution in [3.63, 3.8) is 0 Å². The van der Waals surface area contributed by atoms with E-state index in [2.05, 4.69) is 4.98 Å². The van der Waals surface area contributed by atoms with Gasteiger partial charge in [-0.2, -0.15) is 13.2 Å². The third-order valence-electron chi connectivity index (χ3n) is 2.97. The summed E-state index contributed by atoms with van der Waals surface area (Å²) in [4.78, 5) is 4.34. The topological polar surface area (TPSA) is 50.3 Å². The number of thiazole rings is 1. The van der Waals surface area contributed by atoms with Crippen molar-refractivity contribution in [1.29, 1.82) is 0 Å². The number of alkyl halides is 3. The summed E-state index contributed by atoms with van der Waals surface area (Å²) < 4.78 is 75.0. The van der Waals surface area contributed by atoms with Crippen molar-refractivity contribution in [1.82, 2.24) is 4.98 Å². The lowest BCUT2D eigenvalue weighted by atomic mass is 10.3. The van der Waals surface area contributed by atoms with E-state index in [1.165, 1.54) is 23.3 Å². The van der Waals surface area contributed by atoms with Gasteiger partial charge in [0.1, 0.15) is 15.7 Å². The van der Waals surface area contributed by atoms with Crippen LogP contribution in [0, 0.1) is 12.7 Å². The van der Waals surface area contributed by atoms with Crippen LogP contribution in [0.3, 0.4) is 0 Å². The first-order valence-electron chi connectivity index (χ1n) is 6.25. The summed E-state index contributed by atoms with van der Waals surface area (Å²) in [5.41, 5.74) is -4.99. The molecule has 1 aromatic carbocycles. The molecule has 0 atom stereocenters. The fraction of sp³-hybridized carbons (Fsp3) is 0.308. The third kappa shape index (κ3) is 3.63. The summed E-state index contributed by atoms with van der Waals surface area (Å²) >= 11 is 1.30. The van der Waals surface area contributed by atoms with Crippen LogP contribution in [0.15, 0.2) is 28.5 Å². The SMILES string of the molecule is Cc1csc(CN(C)c2ccc(F)cc2S(=O)(=O)C(F)(F)F)n1. The van der Waals surface area contributed by atoms with Gasteiger partial charge >= 0.3 is 5.51 Å². The van der Waals surface area contributed by atoms with Crippen LogP contribution in [0.25, 0.3) is 0 Å². The Hall–Kier alpha value is -1.68. The van der Waals surface area contributed by atoms with E-state index in [0.717, 1.165) is 17.8 Å². The number of halogens is 4. The highest BCUT2D eigenvalue weighted by Crippen LogP contribution is 2.36. The maximum atomic E-state index is 13.3. The molecule has 0 saturated carbocycles. The van der Waals surface area contributed by atoms with Gasteiger partial charge in [-0.25, -0.2) is 17.8 Å². The molecule has 126 valence electrons. The summed E-state index contributed by atoms with van der Waals surface area (Å²) in [6.45, 7) is 1.86. The number of rotatable bonds is 4. The second-order valence-electron chi connectivity index (χ2n) is 4.80. The maximum absolute atomic E-state index is 13.3. The maximum Gasteiger partial charge on any atom is 0.501 e. The van der Waals surface area contributed by atoms with Crippen molar-refractivity contribution in [2.24, 2.45) is 0 Å². The predicted octanol–water partition coefficient (Wildman–Crippen LogP) is 3.52. The molecule has 0 aliphatic carbocycles. The molecule has 0 aliphatic rings. The van der Waals surface area contributed by atoms with Gasteiger partial charge in [0.2, 0.25) is 0 Å². The Labute approximate surface area is 134 Å². The first-order chi connectivity index (χ1) is 10.5. The molecule has 1 aromatic heterocycles. The molecule has 0 amide bonds. The lowest BCUT2D eigenvalue weighted by Gasteiger charge is -2.22. The van der Waals surface area contributed by atoms with Gasteiger partial charge in [0.05, 0.1) is 12.2 Å². The number of hydrogen-bond acceptors (Lipinski definition) is 5. The van der Waals surface area contributed by atoms with Crippen molar-refractivity contribution >= 4 is 26.9 Å². The molecular formula is C13H12F4N2O2S2. The van der Waals surface area contributed by atoms with Crippen molar-refractivity contribution in [2.75, 3.05) is 11.9 Å². The molecule has 10 heteroatoms. The summed E-state index contributed by atoms with van der Waals surface area (Å²) in [6.07, 6.45) is 0. The van der Waals surface area contributed by atoms with E-state index in [0.29, 0.717) is 11.1 Å². The Bertz CT molecular complexity index is 816. The Morgan fingerprint density at radius 1 is 1.30 bits per heavy atom. The normalized spacial score (nSPS) is 12.4. The number of hydrogen-bond donors (Lipinski definition) is 0. The van der Waals surface area contributed by atoms with Gasteiger partial charge in [0.15, 0.2) is 0 Å². The van der Waals surface area contributed by atoms with Crippen LogP contribution in [0.5, 0.6) is 0 Å². The smallest absolute Gasteiger partial charge is 0.367 e. The Balaban J connectivity index is 2.47. The number of anilines is 1. The zero-order valence-corrected chi connectivity index (χ0v) is 13.7. The highest BCUT2D eigenvalue weighted by atomic mass is 32.2. The van der Waals surface area contributed by atoms with Gasteiger partial charge in [-0.1, -0.05) is 0 Å². The van der Waals surface area contributed by atoms with Crippen LogP contribution in [-0.2, 0) is 16.4 Å². The number of sulfone groups is 1. The van der Waals surface area contributed by atoms with Gasteiger partial charge in [0, 0.05) is 18.1 Å². The molecule has 0 radical (unpaired) electrons. The molecule has 0 fully saturated rings. The van der Waals surface area contributed by atoms with Crippen LogP contribution in [0.4, 0.5) is 23.2 Å². The second kappa shape index (κ2) is 6.08. The molecule has 23 heavy (non-hydrogen) atoms. The van der Waals surface area contributed by atoms with Crippen molar-refractivity contribution in [2.45, 2.75) is 23.9 Å². The van der Waals surface area contributed by atoms with Gasteiger partial charge in [-0.05, 0) is 25.1 Å². The third-order valence-corrected chi connectivity index (χ3v) is 5.43. The molecule has 0 bridgehead atoms. The number of aryl methyl sites for hydroxylation is 1. The zero-order valence-electron chi connectivity index (χ0n) is 12.1. The van der Waals surface area contributed by atoms with Crippen LogP contribution < -0.4 is 4.90 Å². The summed E-state index contributed by atoms with van der Waals surface area (Å²) in [6, 6.07) is 2.30. The fourth-order valence-electron chi connectivity index (χ4n) is 1.91. The molecule has 0 saturated heterocycles. The van der Waals surface area contributed by atoms with E-state index in [-0.39, 0.29) is 12.2 Å². The quantitative estimate of drug-likeness (QED) is 0.775. The Kier molecular flexibility index (Phi) is 4.67. The number of benzene rings is 1. The van der Waals surface area contributed by atoms with E-state index >= 15 is 0 Å². The van der Waals surface area contributed by atoms with Gasteiger partial charge in [-0.3, -0.25) is 0 Å². The van der Waals surface area contributed by atoms with Crippen LogP contribution in [-0.4, -0.2) is 26.0 Å². The lowest BCUT2D eigenvalue weighted by molar-refractivity contribution is -0.0435. The first-order valence-corrected chi connectivity index (χ1v) is 8.61. The minimum atomic E-state index is -5.66. The van der Waals surface area contributed by atoms with Crippen molar-refractivity contribution < 1.29 is 26.0 Å². The minimum Gasteiger partial charge on any atom is -0.367 e. The largest absolute Gasteiger partial charge is 0.501 e. The summed E-state index contributed by atoms with van der Waals surface area (Å²) in [5.74, 6) is -1.06. The van der Waals surface area contributed by atoms with Crippen LogP contribution in [0.1, 0.15) is 10.7 Å². The molecule has 4 nitrogen and oxygen atoms in total. The monoisotopic (exact) mass is 368 g/mol. The molecule has 1 heterocycles. The molecule has 0 N–H and O–H groups in total. The molecular weight excluding hydrogens is 356 g/mol. The first kappa shape index (κ1) is 17.7. The Morgan fingerprint density at radius 3 is 2.48 bits per heavy atom. The molecule has 0 spiro atoms. The van der Waals surface area contributed by atoms with E-state index in [1.54, 1.807) is 12.3 Å². The average Bonchev–Trinajstić information content (AvgIpc) is 2.82. The minimum absolute atomic E-state index is 0.102. The second-order valence-corrected chi connectivity index (χ2v) is 7.65. The molecule has 0 aliphatic heterocycles. The number of nitrogens with zero attached hydrogens (tertiary/aromatic N) is 2. The van der Waals surface area contributed by atoms with Gasteiger partial charge in [0.25, 0.3) is 9.84 Å². The van der Waals surface area contributed by atoms with Crippen molar-refractivity contribution in [3.8, 4) is 0 Å². The highest BCUT2D eigenvalue weighted by Gasteiger charge is 2.48. The molecule has 2 aromatic rings. The number of aromatic nitrogens is 1. The Morgan fingerprint density at radius 2 is 1.96 bits per heavy atom. The summed E-state index contributed by atoms with van der Waals surface area (Å²) in [5, 5.41) is 2.37.